The highest BCUT2D eigenvalue weighted by molar-refractivity contribution is 5.88. The molecule has 3 aliphatic rings. The summed E-state index contributed by atoms with van der Waals surface area (Å²) in [6, 6.07) is 0.366. The molecule has 2 saturated heterocycles. The largest absolute Gasteiger partial charge is 0.354 e. The Bertz CT molecular complexity index is 281. The van der Waals surface area contributed by atoms with Crippen LogP contribution in [0.4, 0.5) is 0 Å². The van der Waals surface area contributed by atoms with Crippen molar-refractivity contribution >= 4 is 5.91 Å². The molecular formula is C10H15NO2. The van der Waals surface area contributed by atoms with Gasteiger partial charge in [0, 0.05) is 0 Å². The molecule has 0 aromatic heterocycles. The van der Waals surface area contributed by atoms with Crippen LogP contribution in [0.25, 0.3) is 0 Å². The lowest BCUT2D eigenvalue weighted by molar-refractivity contribution is -0.146. The summed E-state index contributed by atoms with van der Waals surface area (Å²) in [4.78, 5) is 14.0. The number of hydrogen-bond donors (Lipinski definition) is 0. The van der Waals surface area contributed by atoms with E-state index >= 15 is 0 Å². The van der Waals surface area contributed by atoms with E-state index in [0.717, 1.165) is 25.9 Å². The van der Waals surface area contributed by atoms with Crippen LogP contribution in [0.5, 0.6) is 0 Å². The summed E-state index contributed by atoms with van der Waals surface area (Å²) in [7, 11) is 0. The predicted molar refractivity (Wildman–Crippen MR) is 46.9 cm³/mol. The second kappa shape index (κ2) is 1.92. The smallest absolute Gasteiger partial charge is 0.231 e. The van der Waals surface area contributed by atoms with Crippen LogP contribution in [0.15, 0.2) is 0 Å². The Kier molecular flexibility index (Phi) is 1.15. The molecule has 1 spiro atoms. The van der Waals surface area contributed by atoms with Gasteiger partial charge in [-0.3, -0.25) is 4.79 Å². The average molecular weight is 181 g/mol. The summed E-state index contributed by atoms with van der Waals surface area (Å²) in [5.74, 6) is 0.347. The lowest BCUT2D eigenvalue weighted by atomic mass is 10.0. The lowest BCUT2D eigenvalue weighted by Crippen LogP contribution is -2.44. The van der Waals surface area contributed by atoms with Crippen LogP contribution in [0.3, 0.4) is 0 Å². The molecular weight excluding hydrogens is 166 g/mol. The first kappa shape index (κ1) is 7.80. The van der Waals surface area contributed by atoms with Crippen molar-refractivity contribution in [3.8, 4) is 0 Å². The van der Waals surface area contributed by atoms with E-state index in [1.165, 1.54) is 0 Å². The third-order valence-electron chi connectivity index (χ3n) is 3.73. The van der Waals surface area contributed by atoms with Crippen LogP contribution in [0.2, 0.25) is 0 Å². The Balaban J connectivity index is 1.97. The highest BCUT2D eigenvalue weighted by Crippen LogP contribution is 2.58. The summed E-state index contributed by atoms with van der Waals surface area (Å²) < 4.78 is 5.60. The maximum Gasteiger partial charge on any atom is 0.231 e. The minimum absolute atomic E-state index is 0.0612. The van der Waals surface area contributed by atoms with Crippen molar-refractivity contribution in [1.29, 1.82) is 0 Å². The summed E-state index contributed by atoms with van der Waals surface area (Å²) in [5, 5.41) is 0. The zero-order valence-electron chi connectivity index (χ0n) is 8.17. The Morgan fingerprint density at radius 2 is 2.15 bits per heavy atom. The minimum atomic E-state index is -0.353. The van der Waals surface area contributed by atoms with Crippen molar-refractivity contribution in [2.24, 2.45) is 5.41 Å². The second-order valence-electron chi connectivity index (χ2n) is 5.07. The van der Waals surface area contributed by atoms with Gasteiger partial charge in [0.2, 0.25) is 5.91 Å². The van der Waals surface area contributed by atoms with Crippen molar-refractivity contribution in [2.75, 3.05) is 6.61 Å². The fourth-order valence-corrected chi connectivity index (χ4v) is 2.81. The number of carbonyl (C=O) groups is 1. The molecule has 3 fully saturated rings. The van der Waals surface area contributed by atoms with Gasteiger partial charge in [0.1, 0.15) is 5.72 Å². The summed E-state index contributed by atoms with van der Waals surface area (Å²) in [6.07, 6.45) is 3.25. The third kappa shape index (κ3) is 0.810. The van der Waals surface area contributed by atoms with E-state index in [1.54, 1.807) is 0 Å². The van der Waals surface area contributed by atoms with Crippen LogP contribution < -0.4 is 0 Å². The maximum absolute atomic E-state index is 12.0. The first-order valence-corrected chi connectivity index (χ1v) is 5.03. The van der Waals surface area contributed by atoms with E-state index in [9.17, 15) is 4.79 Å². The van der Waals surface area contributed by atoms with Crippen LogP contribution in [-0.4, -0.2) is 29.2 Å². The minimum Gasteiger partial charge on any atom is -0.354 e. The van der Waals surface area contributed by atoms with Crippen LogP contribution in [-0.2, 0) is 9.53 Å². The Labute approximate surface area is 78.0 Å². The summed E-state index contributed by atoms with van der Waals surface area (Å²) >= 11 is 0. The van der Waals surface area contributed by atoms with Gasteiger partial charge in [-0.1, -0.05) is 0 Å². The van der Waals surface area contributed by atoms with E-state index in [-0.39, 0.29) is 11.1 Å². The predicted octanol–water partition coefficient (Wildman–Crippen LogP) is 1.13. The molecule has 0 unspecified atom stereocenters. The van der Waals surface area contributed by atoms with Crippen molar-refractivity contribution in [2.45, 2.75) is 44.9 Å². The fraction of sp³-hybridized carbons (Fsp3) is 0.900. The van der Waals surface area contributed by atoms with Gasteiger partial charge >= 0.3 is 0 Å². The molecule has 0 aromatic carbocycles. The molecule has 0 aromatic rings. The fourth-order valence-electron chi connectivity index (χ4n) is 2.81. The number of ether oxygens (including phenoxy) is 1. The molecule has 1 saturated carbocycles. The molecule has 13 heavy (non-hydrogen) atoms. The molecule has 0 bridgehead atoms. The number of hydrogen-bond acceptors (Lipinski definition) is 2. The van der Waals surface area contributed by atoms with Gasteiger partial charge < -0.3 is 9.64 Å². The average Bonchev–Trinajstić information content (AvgIpc) is 2.66. The maximum atomic E-state index is 12.0. The highest BCUT2D eigenvalue weighted by Gasteiger charge is 2.64. The monoisotopic (exact) mass is 181 g/mol. The van der Waals surface area contributed by atoms with Gasteiger partial charge in [0.25, 0.3) is 0 Å². The number of fused-ring (bicyclic) bond motifs is 1. The molecule has 3 rings (SSSR count). The highest BCUT2D eigenvalue weighted by atomic mass is 16.5. The molecule has 1 atom stereocenters. The van der Waals surface area contributed by atoms with E-state index in [0.29, 0.717) is 11.9 Å². The zero-order chi connectivity index (χ0) is 9.27. The van der Waals surface area contributed by atoms with Gasteiger partial charge in [-0.25, -0.2) is 0 Å². The Morgan fingerprint density at radius 3 is 2.69 bits per heavy atom. The topological polar surface area (TPSA) is 29.5 Å². The zero-order valence-corrected chi connectivity index (χ0v) is 8.17. The van der Waals surface area contributed by atoms with Gasteiger partial charge in [-0.05, 0) is 33.1 Å². The van der Waals surface area contributed by atoms with Gasteiger partial charge in [0.05, 0.1) is 18.1 Å². The first-order chi connectivity index (χ1) is 6.05. The van der Waals surface area contributed by atoms with Crippen molar-refractivity contribution in [3.63, 3.8) is 0 Å². The first-order valence-electron chi connectivity index (χ1n) is 5.03. The number of amides is 1. The van der Waals surface area contributed by atoms with Crippen LogP contribution in [0, 0.1) is 5.41 Å². The summed E-state index contributed by atoms with van der Waals surface area (Å²) in [5.41, 5.74) is -0.292. The molecule has 2 aliphatic heterocycles. The second-order valence-corrected chi connectivity index (χ2v) is 5.07. The van der Waals surface area contributed by atoms with Crippen molar-refractivity contribution < 1.29 is 9.53 Å². The molecule has 1 amide bonds. The van der Waals surface area contributed by atoms with Crippen molar-refractivity contribution in [1.82, 2.24) is 4.90 Å². The normalized spacial score (nSPS) is 38.5. The van der Waals surface area contributed by atoms with Gasteiger partial charge in [0.15, 0.2) is 0 Å². The molecule has 3 heteroatoms. The SMILES string of the molecule is CC1(C)OC[C@@H]2CC3(CC3)C(=O)N21. The molecule has 2 heterocycles. The van der Waals surface area contributed by atoms with Gasteiger partial charge in [-0.15, -0.1) is 0 Å². The van der Waals surface area contributed by atoms with E-state index < -0.39 is 0 Å². The molecule has 0 radical (unpaired) electrons. The van der Waals surface area contributed by atoms with E-state index in [1.807, 2.05) is 18.7 Å². The third-order valence-corrected chi connectivity index (χ3v) is 3.73. The summed E-state index contributed by atoms with van der Waals surface area (Å²) in [6.45, 7) is 4.72. The Hall–Kier alpha value is -0.570. The molecule has 72 valence electrons. The lowest BCUT2D eigenvalue weighted by Gasteiger charge is -2.29. The molecule has 1 aliphatic carbocycles. The Morgan fingerprint density at radius 1 is 1.46 bits per heavy atom. The molecule has 3 nitrogen and oxygen atoms in total. The van der Waals surface area contributed by atoms with Crippen molar-refractivity contribution in [3.05, 3.63) is 0 Å². The van der Waals surface area contributed by atoms with Gasteiger partial charge in [-0.2, -0.15) is 0 Å². The number of rotatable bonds is 0. The molecule has 0 N–H and O–H groups in total. The van der Waals surface area contributed by atoms with Crippen LogP contribution in [0.1, 0.15) is 33.1 Å². The number of nitrogens with zero attached hydrogens (tertiary/aromatic N) is 1. The standard InChI is InChI=1S/C10H15NO2/c1-9(2)11-7(6-13-9)5-10(3-4-10)8(11)12/h7H,3-6H2,1-2H3/t7-/m0/s1. The van der Waals surface area contributed by atoms with E-state index in [4.69, 9.17) is 4.74 Å². The number of carbonyl (C=O) groups excluding carboxylic acids is 1. The quantitative estimate of drug-likeness (QED) is 0.560. The van der Waals surface area contributed by atoms with Crippen LogP contribution >= 0.6 is 0 Å². The van der Waals surface area contributed by atoms with E-state index in [2.05, 4.69) is 0 Å².